The van der Waals surface area contributed by atoms with Crippen LogP contribution in [0, 0.1) is 0 Å². The molecule has 0 spiro atoms. The molecule has 6 heteroatoms. The molecule has 21 heavy (non-hydrogen) atoms. The zero-order valence-corrected chi connectivity index (χ0v) is 13.7. The summed E-state index contributed by atoms with van der Waals surface area (Å²) in [5.41, 5.74) is 0.742. The molecular formula is C15H27N3O3. The van der Waals surface area contributed by atoms with Gasteiger partial charge in [0.05, 0.1) is 24.9 Å². The van der Waals surface area contributed by atoms with Gasteiger partial charge in [-0.1, -0.05) is 0 Å². The Morgan fingerprint density at radius 1 is 1.33 bits per heavy atom. The minimum absolute atomic E-state index is 0.00579. The molecule has 0 aromatic carbocycles. The van der Waals surface area contributed by atoms with Gasteiger partial charge in [0.2, 0.25) is 0 Å². The van der Waals surface area contributed by atoms with E-state index in [0.717, 1.165) is 24.3 Å². The summed E-state index contributed by atoms with van der Waals surface area (Å²) >= 11 is 0. The Hall–Kier alpha value is -1.11. The Bertz CT molecular complexity index is 453. The average Bonchev–Trinajstić information content (AvgIpc) is 2.93. The molecule has 1 saturated heterocycles. The Balaban J connectivity index is 2.47. The number of rotatable bonds is 6. The number of ether oxygens (including phenoxy) is 3. The van der Waals surface area contributed by atoms with E-state index < -0.39 is 0 Å². The van der Waals surface area contributed by atoms with Crippen LogP contribution in [0.25, 0.3) is 0 Å². The second-order valence-corrected chi connectivity index (χ2v) is 5.74. The minimum Gasteiger partial charge on any atom is -0.493 e. The van der Waals surface area contributed by atoms with Gasteiger partial charge in [-0.25, -0.2) is 0 Å². The fourth-order valence-electron chi connectivity index (χ4n) is 3.18. The number of methoxy groups -OCH3 is 2. The molecule has 2 heterocycles. The zero-order chi connectivity index (χ0) is 15.5. The van der Waals surface area contributed by atoms with Gasteiger partial charge in [0.15, 0.2) is 5.75 Å². The molecule has 1 aliphatic rings. The lowest BCUT2D eigenvalue weighted by Gasteiger charge is -2.42. The number of likely N-dealkylation sites (N-methyl/N-ethyl adjacent to an activating group) is 1. The van der Waals surface area contributed by atoms with Crippen molar-refractivity contribution in [3.05, 3.63) is 11.9 Å². The molecule has 0 amide bonds. The van der Waals surface area contributed by atoms with Gasteiger partial charge in [-0.3, -0.25) is 4.68 Å². The van der Waals surface area contributed by atoms with Crippen LogP contribution in [0.2, 0.25) is 0 Å². The normalized spacial score (nSPS) is 19.7. The minimum atomic E-state index is -0.299. The van der Waals surface area contributed by atoms with Crippen molar-refractivity contribution in [1.82, 2.24) is 15.1 Å². The Kier molecular flexibility index (Phi) is 5.24. The van der Waals surface area contributed by atoms with Crippen molar-refractivity contribution in [3.63, 3.8) is 0 Å². The fourth-order valence-corrected chi connectivity index (χ4v) is 3.18. The van der Waals surface area contributed by atoms with Crippen molar-refractivity contribution in [3.8, 4) is 5.75 Å². The van der Waals surface area contributed by atoms with E-state index in [2.05, 4.69) is 24.3 Å². The van der Waals surface area contributed by atoms with E-state index in [0.29, 0.717) is 13.2 Å². The highest BCUT2D eigenvalue weighted by molar-refractivity contribution is 5.31. The van der Waals surface area contributed by atoms with E-state index in [1.807, 2.05) is 11.7 Å². The molecule has 1 N–H and O–H groups in total. The van der Waals surface area contributed by atoms with E-state index >= 15 is 0 Å². The maximum Gasteiger partial charge on any atom is 0.161 e. The van der Waals surface area contributed by atoms with E-state index in [4.69, 9.17) is 14.2 Å². The smallest absolute Gasteiger partial charge is 0.161 e. The second-order valence-electron chi connectivity index (χ2n) is 5.74. The van der Waals surface area contributed by atoms with Gasteiger partial charge in [-0.05, 0) is 20.9 Å². The number of hydrogen-bond donors (Lipinski definition) is 1. The lowest BCUT2D eigenvalue weighted by molar-refractivity contribution is -0.112. The molecule has 1 aromatic heterocycles. The Morgan fingerprint density at radius 2 is 2.00 bits per heavy atom. The number of hydrogen-bond acceptors (Lipinski definition) is 5. The molecule has 0 radical (unpaired) electrons. The molecule has 0 saturated carbocycles. The SMILES string of the molecule is CNC(c1c(OC)cnn1C(C)C)C1(OC)CCOCC1. The van der Waals surface area contributed by atoms with Crippen molar-refractivity contribution < 1.29 is 14.2 Å². The molecule has 1 unspecified atom stereocenters. The van der Waals surface area contributed by atoms with Crippen molar-refractivity contribution in [2.24, 2.45) is 0 Å². The Morgan fingerprint density at radius 3 is 2.48 bits per heavy atom. The largest absolute Gasteiger partial charge is 0.493 e. The van der Waals surface area contributed by atoms with Crippen LogP contribution in [-0.4, -0.2) is 49.9 Å². The quantitative estimate of drug-likeness (QED) is 0.869. The predicted octanol–water partition coefficient (Wildman–Crippen LogP) is 1.93. The summed E-state index contributed by atoms with van der Waals surface area (Å²) in [5, 5.41) is 7.89. The number of nitrogens with one attached hydrogen (secondary N) is 1. The van der Waals surface area contributed by atoms with Crippen molar-refractivity contribution in [2.75, 3.05) is 34.5 Å². The summed E-state index contributed by atoms with van der Waals surface area (Å²) in [7, 11) is 5.41. The summed E-state index contributed by atoms with van der Waals surface area (Å²) in [6.07, 6.45) is 3.48. The summed E-state index contributed by atoms with van der Waals surface area (Å²) < 4.78 is 19.0. The van der Waals surface area contributed by atoms with Crippen LogP contribution in [0.5, 0.6) is 5.75 Å². The van der Waals surface area contributed by atoms with E-state index in [1.165, 1.54) is 0 Å². The summed E-state index contributed by atoms with van der Waals surface area (Å²) in [6, 6.07) is 0.264. The lowest BCUT2D eigenvalue weighted by Crippen LogP contribution is -2.49. The monoisotopic (exact) mass is 297 g/mol. The van der Waals surface area contributed by atoms with Gasteiger partial charge in [0.25, 0.3) is 0 Å². The zero-order valence-electron chi connectivity index (χ0n) is 13.7. The molecule has 1 aromatic rings. The van der Waals surface area contributed by atoms with Crippen molar-refractivity contribution in [1.29, 1.82) is 0 Å². The second kappa shape index (κ2) is 6.77. The third-order valence-corrected chi connectivity index (χ3v) is 4.34. The van der Waals surface area contributed by atoms with Crippen LogP contribution < -0.4 is 10.1 Å². The first-order chi connectivity index (χ1) is 10.1. The van der Waals surface area contributed by atoms with E-state index in [1.54, 1.807) is 20.4 Å². The summed E-state index contributed by atoms with van der Waals surface area (Å²) in [5.74, 6) is 0.797. The van der Waals surface area contributed by atoms with Crippen molar-refractivity contribution in [2.45, 2.75) is 44.4 Å². The third-order valence-electron chi connectivity index (χ3n) is 4.34. The predicted molar refractivity (Wildman–Crippen MR) is 80.8 cm³/mol. The summed E-state index contributed by atoms with van der Waals surface area (Å²) in [6.45, 7) is 5.66. The first kappa shape index (κ1) is 16.3. The van der Waals surface area contributed by atoms with Gasteiger partial charge in [-0.15, -0.1) is 0 Å². The molecule has 1 fully saturated rings. The average molecular weight is 297 g/mol. The van der Waals surface area contributed by atoms with Gasteiger partial charge >= 0.3 is 0 Å². The van der Waals surface area contributed by atoms with Gasteiger partial charge in [0.1, 0.15) is 5.69 Å². The van der Waals surface area contributed by atoms with Gasteiger partial charge in [-0.2, -0.15) is 5.10 Å². The molecule has 0 aliphatic carbocycles. The number of aromatic nitrogens is 2. The van der Waals surface area contributed by atoms with Gasteiger partial charge in [0, 0.05) is 39.2 Å². The fraction of sp³-hybridized carbons (Fsp3) is 0.800. The standard InChI is InChI=1S/C15H27N3O3/c1-11(2)18-13(12(19-4)10-17-18)14(16-3)15(20-5)6-8-21-9-7-15/h10-11,14,16H,6-9H2,1-5H3. The molecule has 120 valence electrons. The highest BCUT2D eigenvalue weighted by atomic mass is 16.5. The van der Waals surface area contributed by atoms with Crippen LogP contribution >= 0.6 is 0 Å². The maximum absolute atomic E-state index is 5.95. The molecule has 1 aliphatic heterocycles. The van der Waals surface area contributed by atoms with Crippen LogP contribution in [0.4, 0.5) is 0 Å². The van der Waals surface area contributed by atoms with E-state index in [9.17, 15) is 0 Å². The first-order valence-corrected chi connectivity index (χ1v) is 7.51. The topological polar surface area (TPSA) is 57.5 Å². The first-order valence-electron chi connectivity index (χ1n) is 7.51. The number of nitrogens with zero attached hydrogens (tertiary/aromatic N) is 2. The molecule has 2 rings (SSSR count). The molecular weight excluding hydrogens is 270 g/mol. The Labute approximate surface area is 126 Å². The molecule has 0 bridgehead atoms. The molecule has 1 atom stereocenters. The highest BCUT2D eigenvalue weighted by Crippen LogP contribution is 2.41. The van der Waals surface area contributed by atoms with Gasteiger partial charge < -0.3 is 19.5 Å². The summed E-state index contributed by atoms with van der Waals surface area (Å²) in [4.78, 5) is 0. The lowest BCUT2D eigenvalue weighted by atomic mass is 9.83. The van der Waals surface area contributed by atoms with Crippen LogP contribution in [-0.2, 0) is 9.47 Å². The molecule has 6 nitrogen and oxygen atoms in total. The van der Waals surface area contributed by atoms with Crippen LogP contribution in [0.15, 0.2) is 6.20 Å². The highest BCUT2D eigenvalue weighted by Gasteiger charge is 2.44. The third kappa shape index (κ3) is 2.93. The maximum atomic E-state index is 5.95. The van der Waals surface area contributed by atoms with E-state index in [-0.39, 0.29) is 17.7 Å². The van der Waals surface area contributed by atoms with Crippen LogP contribution in [0.3, 0.4) is 0 Å². The van der Waals surface area contributed by atoms with Crippen LogP contribution in [0.1, 0.15) is 44.5 Å². The van der Waals surface area contributed by atoms with Crippen molar-refractivity contribution >= 4 is 0 Å².